The Labute approximate surface area is 281 Å². The first-order chi connectivity index (χ1) is 23.1. The molecule has 49 heavy (non-hydrogen) atoms. The van der Waals surface area contributed by atoms with E-state index in [4.69, 9.17) is 9.47 Å². The molecule has 1 heterocycles. The lowest BCUT2D eigenvalue weighted by molar-refractivity contribution is -0.376. The lowest BCUT2D eigenvalue weighted by Crippen LogP contribution is -2.54. The van der Waals surface area contributed by atoms with Crippen molar-refractivity contribution < 1.29 is 50.5 Å². The van der Waals surface area contributed by atoms with Crippen LogP contribution >= 0.6 is 0 Å². The van der Waals surface area contributed by atoms with Gasteiger partial charge in [0.1, 0.15) is 23.6 Å². The maximum Gasteiger partial charge on any atom is 0.430 e. The van der Waals surface area contributed by atoms with Crippen LogP contribution in [0.15, 0.2) is 66.7 Å². The van der Waals surface area contributed by atoms with Gasteiger partial charge in [0.2, 0.25) is 0 Å². The highest BCUT2D eigenvalue weighted by Gasteiger charge is 2.71. The molecule has 1 aliphatic heterocycles. The largest absolute Gasteiger partial charge is 0.493 e. The number of carbonyl (C=O) groups excluding carboxylic acids is 2. The standard InChI is InChI=1S/C36H40F6N2O5/c1-4-12-25-20-28(34(47,35(37,38)39)36(40,41)42)21-26(13-5-2)30(25)48-19-10-9-18-44-31(45)33(3,43-32(44)46)27-16-11-17-29(22-27)49-23-24-14-7-6-8-15-24/h6-8,11,14-17,20-22,47H,4-5,9-10,12-13,18-19,23H2,1-3H3,(H,43,46). The Kier molecular flexibility index (Phi) is 11.6. The van der Waals surface area contributed by atoms with Crippen molar-refractivity contribution in [2.75, 3.05) is 13.2 Å². The van der Waals surface area contributed by atoms with Crippen LogP contribution in [-0.2, 0) is 35.4 Å². The number of nitrogens with one attached hydrogen (secondary N) is 1. The van der Waals surface area contributed by atoms with Gasteiger partial charge in [0.05, 0.1) is 6.61 Å². The number of alkyl halides is 6. The second-order valence-electron chi connectivity index (χ2n) is 12.2. The third-order valence-corrected chi connectivity index (χ3v) is 8.48. The average molecular weight is 695 g/mol. The number of carbonyl (C=O) groups is 2. The summed E-state index contributed by atoms with van der Waals surface area (Å²) >= 11 is 0. The molecule has 1 aliphatic rings. The van der Waals surface area contributed by atoms with Gasteiger partial charge < -0.3 is 19.9 Å². The first-order valence-electron chi connectivity index (χ1n) is 16.1. The molecule has 1 unspecified atom stereocenters. The van der Waals surface area contributed by atoms with Gasteiger partial charge >= 0.3 is 18.4 Å². The number of hydrogen-bond acceptors (Lipinski definition) is 5. The van der Waals surface area contributed by atoms with Crippen molar-refractivity contribution in [2.24, 2.45) is 0 Å². The normalized spacial score (nSPS) is 17.0. The summed E-state index contributed by atoms with van der Waals surface area (Å²) in [6, 6.07) is 17.3. The molecule has 3 aromatic rings. The van der Waals surface area contributed by atoms with E-state index in [2.05, 4.69) is 5.32 Å². The fraction of sp³-hybridized carbons (Fsp3) is 0.444. The Hall–Kier alpha value is -4.26. The van der Waals surface area contributed by atoms with Crippen LogP contribution in [0.2, 0.25) is 0 Å². The molecule has 266 valence electrons. The van der Waals surface area contributed by atoms with Gasteiger partial charge in [-0.05, 0) is 79.1 Å². The fourth-order valence-corrected chi connectivity index (χ4v) is 5.83. The molecule has 1 fully saturated rings. The van der Waals surface area contributed by atoms with Crippen molar-refractivity contribution in [1.29, 1.82) is 0 Å². The monoisotopic (exact) mass is 694 g/mol. The summed E-state index contributed by atoms with van der Waals surface area (Å²) in [7, 11) is 0. The molecule has 0 saturated carbocycles. The van der Waals surface area contributed by atoms with Gasteiger partial charge in [-0.15, -0.1) is 0 Å². The Bertz CT molecular complexity index is 1570. The third-order valence-electron chi connectivity index (χ3n) is 8.48. The molecule has 0 spiro atoms. The number of nitrogens with zero attached hydrogens (tertiary/aromatic N) is 1. The Morgan fingerprint density at radius 1 is 0.816 bits per heavy atom. The molecule has 2 N–H and O–H groups in total. The van der Waals surface area contributed by atoms with E-state index in [0.29, 0.717) is 43.6 Å². The predicted molar refractivity (Wildman–Crippen MR) is 170 cm³/mol. The van der Waals surface area contributed by atoms with Crippen LogP contribution in [0.4, 0.5) is 31.1 Å². The summed E-state index contributed by atoms with van der Waals surface area (Å²) in [6.45, 7) is 5.45. The maximum atomic E-state index is 13.7. The first kappa shape index (κ1) is 37.6. The number of aliphatic hydroxyl groups is 1. The summed E-state index contributed by atoms with van der Waals surface area (Å²) < 4.78 is 93.9. The van der Waals surface area contributed by atoms with Crippen molar-refractivity contribution in [3.8, 4) is 11.5 Å². The van der Waals surface area contributed by atoms with E-state index >= 15 is 0 Å². The number of urea groups is 1. The molecule has 0 aliphatic carbocycles. The molecular weight excluding hydrogens is 654 g/mol. The summed E-state index contributed by atoms with van der Waals surface area (Å²) in [5.74, 6) is 0.252. The quantitative estimate of drug-likeness (QED) is 0.0954. The number of unbranched alkanes of at least 4 members (excludes halogenated alkanes) is 1. The van der Waals surface area contributed by atoms with E-state index in [1.807, 2.05) is 30.3 Å². The van der Waals surface area contributed by atoms with E-state index in [-0.39, 0.29) is 42.9 Å². The van der Waals surface area contributed by atoms with Crippen LogP contribution in [0.1, 0.15) is 74.3 Å². The van der Waals surface area contributed by atoms with E-state index in [1.165, 1.54) is 0 Å². The molecule has 0 radical (unpaired) electrons. The number of halogens is 6. The van der Waals surface area contributed by atoms with E-state index in [1.54, 1.807) is 45.0 Å². The molecule has 0 bridgehead atoms. The van der Waals surface area contributed by atoms with Gasteiger partial charge in [-0.2, -0.15) is 26.3 Å². The maximum absolute atomic E-state index is 13.7. The van der Waals surface area contributed by atoms with Gasteiger partial charge in [-0.3, -0.25) is 9.69 Å². The average Bonchev–Trinajstić information content (AvgIpc) is 3.27. The zero-order valence-corrected chi connectivity index (χ0v) is 27.5. The van der Waals surface area contributed by atoms with Crippen molar-refractivity contribution in [2.45, 2.75) is 89.4 Å². The van der Waals surface area contributed by atoms with Gasteiger partial charge in [0.15, 0.2) is 0 Å². The topological polar surface area (TPSA) is 88.1 Å². The highest BCUT2D eigenvalue weighted by molar-refractivity contribution is 6.07. The SMILES string of the molecule is CCCc1cc(C(O)(C(F)(F)F)C(F)(F)F)cc(CCC)c1OCCCCN1C(=O)NC(C)(c2cccc(OCc3ccccc3)c2)C1=O. The molecule has 13 heteroatoms. The summed E-state index contributed by atoms with van der Waals surface area (Å²) in [5, 5.41) is 12.8. The highest BCUT2D eigenvalue weighted by Crippen LogP contribution is 2.51. The number of benzene rings is 3. The van der Waals surface area contributed by atoms with E-state index in [0.717, 1.165) is 22.6 Å². The van der Waals surface area contributed by atoms with Crippen LogP contribution in [0.5, 0.6) is 11.5 Å². The van der Waals surface area contributed by atoms with Gasteiger partial charge in [-0.25, -0.2) is 4.79 Å². The molecule has 0 aromatic heterocycles. The zero-order valence-electron chi connectivity index (χ0n) is 27.5. The zero-order chi connectivity index (χ0) is 36.0. The van der Waals surface area contributed by atoms with Crippen molar-refractivity contribution in [3.63, 3.8) is 0 Å². The lowest BCUT2D eigenvalue weighted by atomic mass is 9.87. The van der Waals surface area contributed by atoms with Crippen LogP contribution < -0.4 is 14.8 Å². The Morgan fingerprint density at radius 2 is 1.43 bits per heavy atom. The highest BCUT2D eigenvalue weighted by atomic mass is 19.4. The van der Waals surface area contributed by atoms with Crippen LogP contribution in [0, 0.1) is 0 Å². The van der Waals surface area contributed by atoms with Crippen LogP contribution in [-0.4, -0.2) is 47.4 Å². The molecule has 3 aromatic carbocycles. The minimum Gasteiger partial charge on any atom is -0.493 e. The fourth-order valence-electron chi connectivity index (χ4n) is 5.83. The molecular formula is C36H40F6N2O5. The predicted octanol–water partition coefficient (Wildman–Crippen LogP) is 8.11. The summed E-state index contributed by atoms with van der Waals surface area (Å²) in [6.07, 6.45) is -10.3. The number of amides is 3. The molecule has 3 amide bonds. The smallest absolute Gasteiger partial charge is 0.430 e. The number of rotatable bonds is 15. The van der Waals surface area contributed by atoms with Crippen molar-refractivity contribution in [1.82, 2.24) is 10.2 Å². The van der Waals surface area contributed by atoms with Crippen LogP contribution in [0.25, 0.3) is 0 Å². The number of imide groups is 1. The second kappa shape index (κ2) is 15.1. The van der Waals surface area contributed by atoms with E-state index < -0.39 is 41.0 Å². The minimum absolute atomic E-state index is 0.0251. The first-order valence-corrected chi connectivity index (χ1v) is 16.1. The Balaban J connectivity index is 1.43. The number of aryl methyl sites for hydroxylation is 2. The Morgan fingerprint density at radius 3 is 2.00 bits per heavy atom. The van der Waals surface area contributed by atoms with Gasteiger partial charge in [0.25, 0.3) is 11.5 Å². The van der Waals surface area contributed by atoms with Crippen molar-refractivity contribution in [3.05, 3.63) is 94.5 Å². The van der Waals surface area contributed by atoms with Crippen molar-refractivity contribution >= 4 is 11.9 Å². The summed E-state index contributed by atoms with van der Waals surface area (Å²) in [4.78, 5) is 27.5. The van der Waals surface area contributed by atoms with Crippen LogP contribution in [0.3, 0.4) is 0 Å². The third kappa shape index (κ3) is 7.98. The number of hydrogen-bond donors (Lipinski definition) is 2. The molecule has 4 rings (SSSR count). The second-order valence-corrected chi connectivity index (χ2v) is 12.2. The van der Waals surface area contributed by atoms with Gasteiger partial charge in [0, 0.05) is 12.1 Å². The minimum atomic E-state index is -6.01. The molecule has 1 atom stereocenters. The number of ether oxygens (including phenoxy) is 2. The van der Waals surface area contributed by atoms with Gasteiger partial charge in [-0.1, -0.05) is 69.2 Å². The summed E-state index contributed by atoms with van der Waals surface area (Å²) in [5.41, 5.74) is -5.93. The van der Waals surface area contributed by atoms with E-state index in [9.17, 15) is 41.0 Å². The lowest BCUT2D eigenvalue weighted by Gasteiger charge is -2.33. The molecule has 7 nitrogen and oxygen atoms in total. The molecule has 1 saturated heterocycles.